The van der Waals surface area contributed by atoms with Gasteiger partial charge in [-0.25, -0.2) is 4.39 Å². The number of hydrogen-bond donors (Lipinski definition) is 0. The molecule has 1 aliphatic heterocycles. The number of likely N-dealkylation sites (N-methyl/N-ethyl adjacent to an activating group) is 1. The molecule has 1 aromatic carbocycles. The highest BCUT2D eigenvalue weighted by atomic mass is 19.1. The van der Waals surface area contributed by atoms with Crippen LogP contribution in [0.25, 0.3) is 0 Å². The van der Waals surface area contributed by atoms with Crippen LogP contribution in [-0.2, 0) is 4.79 Å². The Morgan fingerprint density at radius 2 is 1.83 bits per heavy atom. The molecule has 0 radical (unpaired) electrons. The first-order valence-corrected chi connectivity index (χ1v) is 8.60. The van der Waals surface area contributed by atoms with E-state index >= 15 is 0 Å². The standard InChI is InChI=1S/C19H28FN3O/c1-5-21(14-15(2)3)16(4)19(24)23-12-10-22(11-13-23)18-8-6-17(20)7-9-18/h6-9,16H,2,5,10-14H2,1,3-4H3. The molecule has 2 rings (SSSR count). The van der Waals surface area contributed by atoms with Gasteiger partial charge in [0.2, 0.25) is 5.91 Å². The van der Waals surface area contributed by atoms with Gasteiger partial charge in [0, 0.05) is 38.4 Å². The van der Waals surface area contributed by atoms with Crippen LogP contribution in [0.2, 0.25) is 0 Å². The minimum absolute atomic E-state index is 0.135. The van der Waals surface area contributed by atoms with Crippen molar-refractivity contribution in [3.8, 4) is 0 Å². The number of halogens is 1. The maximum absolute atomic E-state index is 13.0. The highest BCUT2D eigenvalue weighted by Gasteiger charge is 2.28. The van der Waals surface area contributed by atoms with Gasteiger partial charge in [0.1, 0.15) is 5.82 Å². The van der Waals surface area contributed by atoms with Gasteiger partial charge in [0.05, 0.1) is 6.04 Å². The minimum Gasteiger partial charge on any atom is -0.368 e. The first kappa shape index (κ1) is 18.5. The fourth-order valence-electron chi connectivity index (χ4n) is 3.13. The molecule has 0 aliphatic carbocycles. The average Bonchev–Trinajstić information content (AvgIpc) is 2.59. The van der Waals surface area contributed by atoms with Crippen molar-refractivity contribution in [1.29, 1.82) is 0 Å². The second-order valence-corrected chi connectivity index (χ2v) is 6.48. The normalized spacial score (nSPS) is 16.4. The van der Waals surface area contributed by atoms with Crippen molar-refractivity contribution in [2.24, 2.45) is 0 Å². The number of anilines is 1. The second kappa shape index (κ2) is 8.29. The summed E-state index contributed by atoms with van der Waals surface area (Å²) in [6.45, 7) is 14.5. The van der Waals surface area contributed by atoms with E-state index in [9.17, 15) is 9.18 Å². The molecular formula is C19H28FN3O. The lowest BCUT2D eigenvalue weighted by Crippen LogP contribution is -2.54. The van der Waals surface area contributed by atoms with E-state index in [1.165, 1.54) is 12.1 Å². The lowest BCUT2D eigenvalue weighted by atomic mass is 10.1. The van der Waals surface area contributed by atoms with Gasteiger partial charge in [-0.3, -0.25) is 9.69 Å². The molecule has 1 amide bonds. The third-order valence-electron chi connectivity index (χ3n) is 4.57. The van der Waals surface area contributed by atoms with Gasteiger partial charge < -0.3 is 9.80 Å². The van der Waals surface area contributed by atoms with Gasteiger partial charge in [-0.2, -0.15) is 0 Å². The smallest absolute Gasteiger partial charge is 0.239 e. The van der Waals surface area contributed by atoms with Gasteiger partial charge in [-0.1, -0.05) is 19.1 Å². The largest absolute Gasteiger partial charge is 0.368 e. The van der Waals surface area contributed by atoms with E-state index < -0.39 is 0 Å². The molecule has 0 N–H and O–H groups in total. The van der Waals surface area contributed by atoms with Crippen LogP contribution < -0.4 is 4.90 Å². The molecule has 4 nitrogen and oxygen atoms in total. The summed E-state index contributed by atoms with van der Waals surface area (Å²) < 4.78 is 13.0. The van der Waals surface area contributed by atoms with Gasteiger partial charge in [-0.15, -0.1) is 0 Å². The number of benzene rings is 1. The Kier molecular flexibility index (Phi) is 6.37. The van der Waals surface area contributed by atoms with Crippen molar-refractivity contribution in [3.63, 3.8) is 0 Å². The number of hydrogen-bond acceptors (Lipinski definition) is 3. The third-order valence-corrected chi connectivity index (χ3v) is 4.57. The first-order valence-electron chi connectivity index (χ1n) is 8.60. The maximum Gasteiger partial charge on any atom is 0.239 e. The van der Waals surface area contributed by atoms with Gasteiger partial charge in [0.15, 0.2) is 0 Å². The van der Waals surface area contributed by atoms with Crippen molar-refractivity contribution in [2.75, 3.05) is 44.2 Å². The fourth-order valence-corrected chi connectivity index (χ4v) is 3.13. The fraction of sp³-hybridized carbons (Fsp3) is 0.526. The number of carbonyl (C=O) groups is 1. The molecule has 5 heteroatoms. The number of carbonyl (C=O) groups excluding carboxylic acids is 1. The Labute approximate surface area is 144 Å². The number of amides is 1. The Morgan fingerprint density at radius 1 is 1.25 bits per heavy atom. The van der Waals surface area contributed by atoms with Crippen LogP contribution in [0.3, 0.4) is 0 Å². The lowest BCUT2D eigenvalue weighted by molar-refractivity contribution is -0.136. The zero-order valence-corrected chi connectivity index (χ0v) is 15.0. The molecular weight excluding hydrogens is 305 g/mol. The maximum atomic E-state index is 13.0. The monoisotopic (exact) mass is 333 g/mol. The highest BCUT2D eigenvalue weighted by molar-refractivity contribution is 5.81. The molecule has 1 heterocycles. The average molecular weight is 333 g/mol. The van der Waals surface area contributed by atoms with Crippen molar-refractivity contribution >= 4 is 11.6 Å². The SMILES string of the molecule is C=C(C)CN(CC)C(C)C(=O)N1CCN(c2ccc(F)cc2)CC1. The molecule has 1 atom stereocenters. The van der Waals surface area contributed by atoms with E-state index in [1.807, 2.05) is 18.7 Å². The quantitative estimate of drug-likeness (QED) is 0.749. The summed E-state index contributed by atoms with van der Waals surface area (Å²) in [4.78, 5) is 19.0. The number of piperazine rings is 1. The summed E-state index contributed by atoms with van der Waals surface area (Å²) >= 11 is 0. The molecule has 0 spiro atoms. The summed E-state index contributed by atoms with van der Waals surface area (Å²) in [6.07, 6.45) is 0. The summed E-state index contributed by atoms with van der Waals surface area (Å²) in [5.41, 5.74) is 2.08. The van der Waals surface area contributed by atoms with Crippen molar-refractivity contribution < 1.29 is 9.18 Å². The molecule has 1 aromatic rings. The van der Waals surface area contributed by atoms with E-state index in [0.29, 0.717) is 13.1 Å². The Hall–Kier alpha value is -1.88. The molecule has 24 heavy (non-hydrogen) atoms. The second-order valence-electron chi connectivity index (χ2n) is 6.48. The molecule has 1 saturated heterocycles. The predicted molar refractivity (Wildman–Crippen MR) is 96.7 cm³/mol. The lowest BCUT2D eigenvalue weighted by Gasteiger charge is -2.39. The van der Waals surface area contributed by atoms with Crippen molar-refractivity contribution in [2.45, 2.75) is 26.8 Å². The van der Waals surface area contributed by atoms with Crippen LogP contribution >= 0.6 is 0 Å². The third kappa shape index (κ3) is 4.57. The van der Waals surface area contributed by atoms with E-state index in [2.05, 4.69) is 23.3 Å². The first-order chi connectivity index (χ1) is 11.4. The zero-order valence-electron chi connectivity index (χ0n) is 15.0. The van der Waals surface area contributed by atoms with E-state index in [-0.39, 0.29) is 17.8 Å². The van der Waals surface area contributed by atoms with Gasteiger partial charge in [0.25, 0.3) is 0 Å². The zero-order chi connectivity index (χ0) is 17.7. The molecule has 1 unspecified atom stereocenters. The topological polar surface area (TPSA) is 26.8 Å². The van der Waals surface area contributed by atoms with Crippen LogP contribution in [-0.4, -0.2) is 61.0 Å². The Bertz CT molecular complexity index is 564. The molecule has 1 aliphatic rings. The molecule has 1 fully saturated rings. The molecule has 0 bridgehead atoms. The van der Waals surface area contributed by atoms with Crippen molar-refractivity contribution in [3.05, 3.63) is 42.2 Å². The molecule has 132 valence electrons. The van der Waals surface area contributed by atoms with E-state index in [0.717, 1.165) is 37.4 Å². The van der Waals surface area contributed by atoms with Crippen molar-refractivity contribution in [1.82, 2.24) is 9.80 Å². The van der Waals surface area contributed by atoms with Gasteiger partial charge in [-0.05, 0) is 44.7 Å². The highest BCUT2D eigenvalue weighted by Crippen LogP contribution is 2.18. The molecule has 0 saturated carbocycles. The number of rotatable bonds is 6. The molecule has 0 aromatic heterocycles. The summed E-state index contributed by atoms with van der Waals surface area (Å²) in [5.74, 6) is -0.0459. The predicted octanol–water partition coefficient (Wildman–Crippen LogP) is 2.76. The summed E-state index contributed by atoms with van der Waals surface area (Å²) in [6, 6.07) is 6.41. The van der Waals surface area contributed by atoms with Crippen LogP contribution in [0.4, 0.5) is 10.1 Å². The van der Waals surface area contributed by atoms with Gasteiger partial charge >= 0.3 is 0 Å². The van der Waals surface area contributed by atoms with E-state index in [1.54, 1.807) is 12.1 Å². The summed E-state index contributed by atoms with van der Waals surface area (Å²) in [7, 11) is 0. The van der Waals surface area contributed by atoms with Crippen LogP contribution in [0.1, 0.15) is 20.8 Å². The Morgan fingerprint density at radius 3 is 2.33 bits per heavy atom. The van der Waals surface area contributed by atoms with Crippen LogP contribution in [0.15, 0.2) is 36.4 Å². The Balaban J connectivity index is 1.92. The van der Waals surface area contributed by atoms with E-state index in [4.69, 9.17) is 0 Å². The van der Waals surface area contributed by atoms with Crippen LogP contribution in [0.5, 0.6) is 0 Å². The summed E-state index contributed by atoms with van der Waals surface area (Å²) in [5, 5.41) is 0. The number of nitrogens with zero attached hydrogens (tertiary/aromatic N) is 3. The van der Waals surface area contributed by atoms with Crippen LogP contribution in [0, 0.1) is 5.82 Å². The minimum atomic E-state index is -0.224.